The van der Waals surface area contributed by atoms with Gasteiger partial charge in [-0.3, -0.25) is 14.4 Å². The van der Waals surface area contributed by atoms with E-state index in [0.29, 0.717) is 30.4 Å². The van der Waals surface area contributed by atoms with Gasteiger partial charge in [0.05, 0.1) is 30.6 Å². The third-order valence-electron chi connectivity index (χ3n) is 6.46. The quantitative estimate of drug-likeness (QED) is 0.406. The van der Waals surface area contributed by atoms with Gasteiger partial charge in [-0.2, -0.15) is 0 Å². The monoisotopic (exact) mass is 486 g/mol. The Morgan fingerprint density at radius 3 is 2.33 bits per heavy atom. The highest BCUT2D eigenvalue weighted by molar-refractivity contribution is 6.24. The smallest absolute Gasteiger partial charge is 0.266 e. The minimum atomic E-state index is -0.922. The number of hydrogen-bond acceptors (Lipinski definition) is 6. The number of rotatable bonds is 8. The normalized spacial score (nSPS) is 21.1. The first-order chi connectivity index (χ1) is 17.5. The molecule has 0 unspecified atom stereocenters. The molecule has 7 nitrogen and oxygen atoms in total. The first-order valence-corrected chi connectivity index (χ1v) is 12.4. The van der Waals surface area contributed by atoms with Gasteiger partial charge in [0.2, 0.25) is 5.91 Å². The molecule has 0 aromatic heterocycles. The minimum Gasteiger partial charge on any atom is -0.490 e. The van der Waals surface area contributed by atoms with E-state index in [0.717, 1.165) is 23.2 Å². The van der Waals surface area contributed by atoms with E-state index in [4.69, 9.17) is 14.3 Å². The number of hydrogen-bond donors (Lipinski definition) is 0. The average Bonchev–Trinajstić information content (AvgIpc) is 3.39. The summed E-state index contributed by atoms with van der Waals surface area (Å²) in [4.78, 5) is 34.9. The number of benzene rings is 3. The minimum absolute atomic E-state index is 0.275. The molecular weight excluding hydrogens is 456 g/mol. The molecule has 3 atom stereocenters. The van der Waals surface area contributed by atoms with E-state index < -0.39 is 18.1 Å². The van der Waals surface area contributed by atoms with E-state index in [2.05, 4.69) is 0 Å². The van der Waals surface area contributed by atoms with Crippen molar-refractivity contribution >= 4 is 23.2 Å². The van der Waals surface area contributed by atoms with Crippen LogP contribution in [0.5, 0.6) is 11.5 Å². The number of anilines is 2. The molecule has 0 aliphatic carbocycles. The zero-order valence-corrected chi connectivity index (χ0v) is 20.7. The second-order valence-electron chi connectivity index (χ2n) is 9.00. The molecule has 5 rings (SSSR count). The lowest BCUT2D eigenvalue weighted by Gasteiger charge is -2.29. The van der Waals surface area contributed by atoms with Crippen LogP contribution in [0.15, 0.2) is 72.8 Å². The van der Waals surface area contributed by atoms with Gasteiger partial charge in [-0.05, 0) is 67.8 Å². The lowest BCUT2D eigenvalue weighted by Crippen LogP contribution is -2.37. The Labute approximate surface area is 211 Å². The van der Waals surface area contributed by atoms with Crippen LogP contribution in [0.25, 0.3) is 0 Å². The van der Waals surface area contributed by atoms with Crippen LogP contribution in [-0.2, 0) is 14.4 Å². The van der Waals surface area contributed by atoms with Crippen LogP contribution in [0, 0.1) is 12.8 Å². The van der Waals surface area contributed by atoms with Crippen LogP contribution in [-0.4, -0.2) is 31.1 Å². The summed E-state index contributed by atoms with van der Waals surface area (Å²) in [6.07, 6.45) is -0.0458. The molecule has 0 saturated carbocycles. The number of imide groups is 1. The number of amides is 2. The van der Waals surface area contributed by atoms with Crippen molar-refractivity contribution in [1.82, 2.24) is 0 Å². The Balaban J connectivity index is 1.58. The molecule has 7 heteroatoms. The molecule has 0 N–H and O–H groups in total. The van der Waals surface area contributed by atoms with Gasteiger partial charge in [0.25, 0.3) is 5.91 Å². The van der Waals surface area contributed by atoms with E-state index >= 15 is 0 Å². The molecule has 2 aliphatic heterocycles. The number of carbonyl (C=O) groups is 2. The predicted molar refractivity (Wildman–Crippen MR) is 137 cm³/mol. The number of ether oxygens (including phenoxy) is 2. The zero-order chi connectivity index (χ0) is 25.2. The van der Waals surface area contributed by atoms with Crippen molar-refractivity contribution in [2.75, 3.05) is 23.2 Å². The van der Waals surface area contributed by atoms with Crippen LogP contribution in [0.3, 0.4) is 0 Å². The lowest BCUT2D eigenvalue weighted by atomic mass is 9.90. The summed E-state index contributed by atoms with van der Waals surface area (Å²) in [5.74, 6) is -0.0861. The van der Waals surface area contributed by atoms with Crippen molar-refractivity contribution in [1.29, 1.82) is 0 Å². The highest BCUT2D eigenvalue weighted by atomic mass is 16.7. The van der Waals surface area contributed by atoms with Crippen LogP contribution < -0.4 is 19.4 Å². The summed E-state index contributed by atoms with van der Waals surface area (Å²) >= 11 is 0. The third-order valence-corrected chi connectivity index (χ3v) is 6.46. The first kappa shape index (κ1) is 23.9. The van der Waals surface area contributed by atoms with E-state index in [1.54, 1.807) is 11.1 Å². The van der Waals surface area contributed by atoms with Crippen LogP contribution in [0.1, 0.15) is 37.4 Å². The zero-order valence-electron chi connectivity index (χ0n) is 20.7. The number of nitrogens with zero attached hydrogens (tertiary/aromatic N) is 2. The van der Waals surface area contributed by atoms with Gasteiger partial charge in [-0.25, -0.2) is 9.96 Å². The SMILES string of the molecule is CCCOc1ccc([C@@H]2[C@@H]3C(=O)N(c4cccc(C)c4)C(=O)[C@@H]3ON2c2ccccc2)cc1OCC. The summed E-state index contributed by atoms with van der Waals surface area (Å²) in [5, 5.41) is 1.69. The van der Waals surface area contributed by atoms with Crippen LogP contribution in [0.4, 0.5) is 11.4 Å². The summed E-state index contributed by atoms with van der Waals surface area (Å²) < 4.78 is 11.8. The summed E-state index contributed by atoms with van der Waals surface area (Å²) in [6.45, 7) is 6.94. The summed E-state index contributed by atoms with van der Waals surface area (Å²) in [6, 6.07) is 22.1. The fourth-order valence-corrected chi connectivity index (χ4v) is 4.88. The number of fused-ring (bicyclic) bond motifs is 1. The van der Waals surface area contributed by atoms with Gasteiger partial charge in [-0.15, -0.1) is 0 Å². The second kappa shape index (κ2) is 10.0. The number of carbonyl (C=O) groups excluding carboxylic acids is 2. The summed E-state index contributed by atoms with van der Waals surface area (Å²) in [7, 11) is 0. The topological polar surface area (TPSA) is 68.3 Å². The number of para-hydroxylation sites is 1. The van der Waals surface area contributed by atoms with E-state index in [1.807, 2.05) is 87.5 Å². The largest absolute Gasteiger partial charge is 0.490 e. The predicted octanol–water partition coefficient (Wildman–Crippen LogP) is 5.23. The molecule has 36 heavy (non-hydrogen) atoms. The molecule has 2 aliphatic rings. The Hall–Kier alpha value is -3.84. The van der Waals surface area contributed by atoms with Gasteiger partial charge in [0.1, 0.15) is 5.92 Å². The van der Waals surface area contributed by atoms with Gasteiger partial charge >= 0.3 is 0 Å². The van der Waals surface area contributed by atoms with Gasteiger partial charge in [0, 0.05) is 0 Å². The number of aryl methyl sites for hydroxylation is 1. The van der Waals surface area contributed by atoms with Crippen molar-refractivity contribution in [3.8, 4) is 11.5 Å². The van der Waals surface area contributed by atoms with E-state index in [-0.39, 0.29) is 11.8 Å². The van der Waals surface area contributed by atoms with Crippen molar-refractivity contribution in [2.45, 2.75) is 39.3 Å². The molecule has 0 bridgehead atoms. The van der Waals surface area contributed by atoms with Gasteiger partial charge in [-0.1, -0.05) is 43.3 Å². The van der Waals surface area contributed by atoms with E-state index in [9.17, 15) is 9.59 Å². The molecule has 0 radical (unpaired) electrons. The fourth-order valence-electron chi connectivity index (χ4n) is 4.88. The molecule has 3 aromatic rings. The molecule has 2 heterocycles. The molecule has 186 valence electrons. The molecular formula is C29H30N2O5. The molecule has 2 fully saturated rings. The van der Waals surface area contributed by atoms with Crippen LogP contribution in [0.2, 0.25) is 0 Å². The Morgan fingerprint density at radius 2 is 1.61 bits per heavy atom. The highest BCUT2D eigenvalue weighted by Gasteiger charge is 2.60. The molecule has 0 spiro atoms. The number of hydroxylamine groups is 1. The lowest BCUT2D eigenvalue weighted by molar-refractivity contribution is -0.126. The Morgan fingerprint density at radius 1 is 0.833 bits per heavy atom. The first-order valence-electron chi connectivity index (χ1n) is 12.4. The Kier molecular flexibility index (Phi) is 6.65. The maximum absolute atomic E-state index is 13.8. The molecule has 2 amide bonds. The third kappa shape index (κ3) is 4.20. The maximum atomic E-state index is 13.8. The van der Waals surface area contributed by atoms with Crippen molar-refractivity contribution < 1.29 is 23.9 Å². The van der Waals surface area contributed by atoms with Gasteiger partial charge < -0.3 is 9.47 Å². The fraction of sp³-hybridized carbons (Fsp3) is 0.310. The summed E-state index contributed by atoms with van der Waals surface area (Å²) in [5.41, 5.74) is 3.11. The van der Waals surface area contributed by atoms with Crippen molar-refractivity contribution in [3.63, 3.8) is 0 Å². The molecule has 3 aromatic carbocycles. The van der Waals surface area contributed by atoms with Crippen LogP contribution >= 0.6 is 0 Å². The van der Waals surface area contributed by atoms with Crippen molar-refractivity contribution in [2.24, 2.45) is 5.92 Å². The van der Waals surface area contributed by atoms with Gasteiger partial charge in [0.15, 0.2) is 17.6 Å². The van der Waals surface area contributed by atoms with Crippen molar-refractivity contribution in [3.05, 3.63) is 83.9 Å². The maximum Gasteiger partial charge on any atom is 0.266 e. The second-order valence-corrected chi connectivity index (χ2v) is 9.00. The standard InChI is InChI=1S/C29H30N2O5/c1-4-16-35-23-15-14-20(18-24(23)34-5-2)26-25-27(36-31(26)21-11-7-6-8-12-21)29(33)30(28(25)32)22-13-9-10-19(3)17-22/h6-15,17-18,25-27H,4-5,16H2,1-3H3/t25-,26+,27+/m0/s1. The average molecular weight is 487 g/mol. The highest BCUT2D eigenvalue weighted by Crippen LogP contribution is 2.48. The van der Waals surface area contributed by atoms with E-state index in [1.165, 1.54) is 4.90 Å². The Bertz CT molecular complexity index is 1260. The molecule has 2 saturated heterocycles.